The number of sulfone groups is 1. The van der Waals surface area contributed by atoms with Crippen molar-refractivity contribution < 1.29 is 13.5 Å². The van der Waals surface area contributed by atoms with Gasteiger partial charge in [-0.25, -0.2) is 8.42 Å². The van der Waals surface area contributed by atoms with Gasteiger partial charge in [-0.15, -0.1) is 0 Å². The maximum Gasteiger partial charge on any atom is 0.175 e. The highest BCUT2D eigenvalue weighted by molar-refractivity contribution is 7.90. The highest BCUT2D eigenvalue weighted by Crippen LogP contribution is 2.33. The van der Waals surface area contributed by atoms with E-state index in [9.17, 15) is 13.5 Å². The van der Waals surface area contributed by atoms with Crippen LogP contribution in [0.25, 0.3) is 0 Å². The Morgan fingerprint density at radius 3 is 2.45 bits per heavy atom. The number of rotatable bonds is 4. The molecule has 0 aromatic heterocycles. The molecule has 3 N–H and O–H groups in total. The first-order chi connectivity index (χ1) is 9.21. The molecule has 1 aromatic carbocycles. The van der Waals surface area contributed by atoms with Gasteiger partial charge in [-0.3, -0.25) is 0 Å². The Balaban J connectivity index is 2.20. The maximum absolute atomic E-state index is 11.5. The van der Waals surface area contributed by atoms with Gasteiger partial charge in [0.15, 0.2) is 9.84 Å². The summed E-state index contributed by atoms with van der Waals surface area (Å²) >= 11 is 0. The molecule has 112 valence electrons. The average Bonchev–Trinajstić information content (AvgIpc) is 2.74. The Labute approximate surface area is 120 Å². The average molecular weight is 298 g/mol. The molecule has 0 saturated heterocycles. The second kappa shape index (κ2) is 5.26. The number of hydrogen-bond acceptors (Lipinski definition) is 5. The number of hydrogen-bond donors (Lipinski definition) is 2. The molecule has 6 heteroatoms. The van der Waals surface area contributed by atoms with Crippen molar-refractivity contribution in [3.8, 4) is 0 Å². The summed E-state index contributed by atoms with van der Waals surface area (Å²) < 4.78 is 23.0. The van der Waals surface area contributed by atoms with Crippen LogP contribution in [-0.2, 0) is 9.84 Å². The van der Waals surface area contributed by atoms with Gasteiger partial charge in [-0.1, -0.05) is 12.8 Å². The fourth-order valence-electron chi connectivity index (χ4n) is 2.83. The standard InChI is InChI=1S/C14H22N2O3S/c1-16(10-14(17)7-3-4-8-14)13-6-5-11(9-12(13)15)20(2,18)19/h5-6,9,17H,3-4,7-8,10,15H2,1-2H3. The van der Waals surface area contributed by atoms with Crippen LogP contribution in [0.1, 0.15) is 25.7 Å². The van der Waals surface area contributed by atoms with Crippen molar-refractivity contribution in [2.45, 2.75) is 36.2 Å². The highest BCUT2D eigenvalue weighted by atomic mass is 32.2. The molecule has 1 saturated carbocycles. The van der Waals surface area contributed by atoms with Gasteiger partial charge in [-0.05, 0) is 31.0 Å². The highest BCUT2D eigenvalue weighted by Gasteiger charge is 2.32. The minimum Gasteiger partial charge on any atom is -0.397 e. The molecule has 0 bridgehead atoms. The van der Waals surface area contributed by atoms with Crippen molar-refractivity contribution in [3.05, 3.63) is 18.2 Å². The van der Waals surface area contributed by atoms with Crippen LogP contribution < -0.4 is 10.6 Å². The monoisotopic (exact) mass is 298 g/mol. The summed E-state index contributed by atoms with van der Waals surface area (Å²) in [6.45, 7) is 0.509. The third kappa shape index (κ3) is 3.24. The summed E-state index contributed by atoms with van der Waals surface area (Å²) in [4.78, 5) is 2.11. The number of benzene rings is 1. The molecule has 0 atom stereocenters. The molecule has 20 heavy (non-hydrogen) atoms. The Hall–Kier alpha value is -1.27. The Kier molecular flexibility index (Phi) is 3.97. The number of likely N-dealkylation sites (N-methyl/N-ethyl adjacent to an activating group) is 1. The predicted molar refractivity (Wildman–Crippen MR) is 80.7 cm³/mol. The van der Waals surface area contributed by atoms with Crippen LogP contribution in [0, 0.1) is 0 Å². The van der Waals surface area contributed by atoms with E-state index in [4.69, 9.17) is 5.73 Å². The van der Waals surface area contributed by atoms with Crippen LogP contribution in [-0.4, -0.2) is 39.0 Å². The minimum absolute atomic E-state index is 0.215. The normalized spacial score (nSPS) is 18.1. The fraction of sp³-hybridized carbons (Fsp3) is 0.571. The molecular formula is C14H22N2O3S. The molecule has 1 aliphatic carbocycles. The molecule has 1 fully saturated rings. The molecular weight excluding hydrogens is 276 g/mol. The van der Waals surface area contributed by atoms with Crippen molar-refractivity contribution >= 4 is 21.2 Å². The van der Waals surface area contributed by atoms with Gasteiger partial charge in [0, 0.05) is 19.8 Å². The summed E-state index contributed by atoms with van der Waals surface area (Å²) in [5, 5.41) is 10.4. The molecule has 0 spiro atoms. The zero-order valence-electron chi connectivity index (χ0n) is 12.0. The summed E-state index contributed by atoms with van der Waals surface area (Å²) in [7, 11) is -1.39. The van der Waals surface area contributed by atoms with Crippen LogP contribution >= 0.6 is 0 Å². The van der Waals surface area contributed by atoms with Crippen LogP contribution in [0.5, 0.6) is 0 Å². The van der Waals surface area contributed by atoms with Gasteiger partial charge in [0.1, 0.15) is 0 Å². The van der Waals surface area contributed by atoms with Crippen molar-refractivity contribution in [2.24, 2.45) is 0 Å². The maximum atomic E-state index is 11.5. The zero-order chi connectivity index (χ0) is 15.0. The summed E-state index contributed by atoms with van der Waals surface area (Å²) in [6, 6.07) is 4.72. The topological polar surface area (TPSA) is 83.6 Å². The van der Waals surface area contributed by atoms with Crippen molar-refractivity contribution in [1.82, 2.24) is 0 Å². The van der Waals surface area contributed by atoms with Crippen LogP contribution in [0.3, 0.4) is 0 Å². The van der Waals surface area contributed by atoms with E-state index in [1.54, 1.807) is 12.1 Å². The summed E-state index contributed by atoms with van der Waals surface area (Å²) in [6.07, 6.45) is 4.86. The molecule has 1 aliphatic rings. The molecule has 0 heterocycles. The van der Waals surface area contributed by atoms with E-state index < -0.39 is 15.4 Å². The largest absolute Gasteiger partial charge is 0.397 e. The van der Waals surface area contributed by atoms with Gasteiger partial charge < -0.3 is 15.7 Å². The van der Waals surface area contributed by atoms with E-state index in [1.807, 2.05) is 11.9 Å². The van der Waals surface area contributed by atoms with Gasteiger partial charge >= 0.3 is 0 Å². The van der Waals surface area contributed by atoms with Crippen molar-refractivity contribution in [1.29, 1.82) is 0 Å². The molecule has 0 unspecified atom stereocenters. The third-order valence-electron chi connectivity index (χ3n) is 3.90. The summed E-state index contributed by atoms with van der Waals surface area (Å²) in [5.41, 5.74) is 6.45. The molecule has 2 rings (SSSR count). The number of anilines is 2. The lowest BCUT2D eigenvalue weighted by Gasteiger charge is -2.30. The van der Waals surface area contributed by atoms with Gasteiger partial charge in [0.25, 0.3) is 0 Å². The second-order valence-corrected chi connectivity index (χ2v) is 7.80. The number of nitrogens with two attached hydrogens (primary N) is 1. The Morgan fingerprint density at radius 2 is 1.95 bits per heavy atom. The summed E-state index contributed by atoms with van der Waals surface area (Å²) in [5.74, 6) is 0. The molecule has 0 radical (unpaired) electrons. The minimum atomic E-state index is -3.25. The first-order valence-corrected chi connectivity index (χ1v) is 8.64. The molecule has 0 aliphatic heterocycles. The number of nitrogen functional groups attached to an aromatic ring is 1. The van der Waals surface area contributed by atoms with Crippen molar-refractivity contribution in [3.63, 3.8) is 0 Å². The van der Waals surface area contributed by atoms with E-state index in [-0.39, 0.29) is 4.90 Å². The first-order valence-electron chi connectivity index (χ1n) is 6.74. The molecule has 1 aromatic rings. The lowest BCUT2D eigenvalue weighted by atomic mass is 10.0. The molecule has 5 nitrogen and oxygen atoms in total. The van der Waals surface area contributed by atoms with E-state index in [0.29, 0.717) is 12.2 Å². The van der Waals surface area contributed by atoms with Gasteiger partial charge in [0.05, 0.1) is 21.9 Å². The second-order valence-electron chi connectivity index (χ2n) is 5.78. The zero-order valence-corrected chi connectivity index (χ0v) is 12.8. The van der Waals surface area contributed by atoms with Gasteiger partial charge in [-0.2, -0.15) is 0 Å². The molecule has 0 amide bonds. The predicted octanol–water partition coefficient (Wildman–Crippen LogP) is 1.41. The Morgan fingerprint density at radius 1 is 1.35 bits per heavy atom. The third-order valence-corrected chi connectivity index (χ3v) is 5.01. The van der Waals surface area contributed by atoms with E-state index >= 15 is 0 Å². The smallest absolute Gasteiger partial charge is 0.175 e. The number of aliphatic hydroxyl groups is 1. The van der Waals surface area contributed by atoms with Crippen LogP contribution in [0.2, 0.25) is 0 Å². The fourth-order valence-corrected chi connectivity index (χ4v) is 3.49. The van der Waals surface area contributed by atoms with Crippen molar-refractivity contribution in [2.75, 3.05) is 30.5 Å². The van der Waals surface area contributed by atoms with E-state index in [1.165, 1.54) is 6.07 Å². The van der Waals surface area contributed by atoms with E-state index in [0.717, 1.165) is 37.6 Å². The SMILES string of the molecule is CN(CC1(O)CCCC1)c1ccc(S(C)(=O)=O)cc1N. The van der Waals surface area contributed by atoms with E-state index in [2.05, 4.69) is 0 Å². The quantitative estimate of drug-likeness (QED) is 0.821. The van der Waals surface area contributed by atoms with Crippen LogP contribution in [0.4, 0.5) is 11.4 Å². The lowest BCUT2D eigenvalue weighted by Crippen LogP contribution is -2.39. The van der Waals surface area contributed by atoms with Crippen LogP contribution in [0.15, 0.2) is 23.1 Å². The first kappa shape index (κ1) is 15.1. The number of nitrogens with zero attached hydrogens (tertiary/aromatic N) is 1. The lowest BCUT2D eigenvalue weighted by molar-refractivity contribution is 0.0559. The van der Waals surface area contributed by atoms with Gasteiger partial charge in [0.2, 0.25) is 0 Å². The Bertz CT molecular complexity index is 592.